The second kappa shape index (κ2) is 6.48. The van der Waals surface area contributed by atoms with Gasteiger partial charge in [0.05, 0.1) is 0 Å². The summed E-state index contributed by atoms with van der Waals surface area (Å²) in [4.78, 5) is -0.681. The van der Waals surface area contributed by atoms with Crippen molar-refractivity contribution in [1.29, 1.82) is 0 Å². The average molecular weight is 430 g/mol. The maximum atomic E-state index is 13.9. The number of rotatable bonds is 4. The zero-order valence-corrected chi connectivity index (χ0v) is 15.0. The van der Waals surface area contributed by atoms with E-state index < -0.39 is 26.6 Å². The van der Waals surface area contributed by atoms with Crippen molar-refractivity contribution in [3.8, 4) is 11.4 Å². The molecule has 0 saturated heterocycles. The Bertz CT molecular complexity index is 1030. The number of hydrogen-bond acceptors (Lipinski definition) is 5. The van der Waals surface area contributed by atoms with Crippen LogP contribution in [0.25, 0.3) is 11.4 Å². The van der Waals surface area contributed by atoms with Crippen LogP contribution in [0.4, 0.5) is 14.5 Å². The summed E-state index contributed by atoms with van der Waals surface area (Å²) in [6.45, 7) is 0. The lowest BCUT2D eigenvalue weighted by Crippen LogP contribution is -2.15. The molecule has 0 unspecified atom stereocenters. The first-order valence-corrected chi connectivity index (χ1v) is 9.06. The maximum Gasteiger partial charge on any atom is 0.265 e. The number of tetrazole rings is 1. The topological polar surface area (TPSA) is 89.8 Å². The number of hydrogen-bond donors (Lipinski definition) is 1. The van der Waals surface area contributed by atoms with Crippen molar-refractivity contribution in [2.45, 2.75) is 4.90 Å². The molecule has 0 bridgehead atoms. The highest BCUT2D eigenvalue weighted by Gasteiger charge is 2.24. The normalized spacial score (nSPS) is 11.5. The van der Waals surface area contributed by atoms with Crippen LogP contribution in [0.1, 0.15) is 0 Å². The molecular weight excluding hydrogens is 420 g/mol. The Labute approximate surface area is 149 Å². The summed E-state index contributed by atoms with van der Waals surface area (Å²) in [6.07, 6.45) is 0. The highest BCUT2D eigenvalue weighted by atomic mass is 79.9. The fourth-order valence-electron chi connectivity index (χ4n) is 2.19. The molecule has 0 amide bonds. The van der Waals surface area contributed by atoms with E-state index in [-0.39, 0.29) is 10.2 Å². The summed E-state index contributed by atoms with van der Waals surface area (Å²) < 4.78 is 55.5. The van der Waals surface area contributed by atoms with Crippen LogP contribution in [-0.2, 0) is 17.1 Å². The molecule has 3 aromatic rings. The Morgan fingerprint density at radius 1 is 1.20 bits per heavy atom. The van der Waals surface area contributed by atoms with Gasteiger partial charge in [-0.1, -0.05) is 12.1 Å². The predicted octanol–water partition coefficient (Wildman–Crippen LogP) is 2.72. The third-order valence-electron chi connectivity index (χ3n) is 3.22. The molecule has 0 spiro atoms. The summed E-state index contributed by atoms with van der Waals surface area (Å²) >= 11 is 2.87. The molecule has 1 heterocycles. The minimum absolute atomic E-state index is 0.177. The third kappa shape index (κ3) is 3.51. The van der Waals surface area contributed by atoms with Crippen molar-refractivity contribution in [3.05, 3.63) is 52.5 Å². The quantitative estimate of drug-likeness (QED) is 0.688. The van der Waals surface area contributed by atoms with Crippen LogP contribution in [0.15, 0.2) is 45.8 Å². The summed E-state index contributed by atoms with van der Waals surface area (Å²) in [5, 5.41) is 11.1. The largest absolute Gasteiger partial charge is 0.279 e. The lowest BCUT2D eigenvalue weighted by molar-refractivity contribution is 0.548. The van der Waals surface area contributed by atoms with Crippen LogP contribution in [0.2, 0.25) is 0 Å². The van der Waals surface area contributed by atoms with Crippen molar-refractivity contribution in [1.82, 2.24) is 20.2 Å². The Balaban J connectivity index is 1.99. The number of nitrogens with zero attached hydrogens (tertiary/aromatic N) is 4. The van der Waals surface area contributed by atoms with Gasteiger partial charge in [-0.25, -0.2) is 21.9 Å². The number of aromatic nitrogens is 4. The zero-order chi connectivity index (χ0) is 18.2. The van der Waals surface area contributed by atoms with E-state index >= 15 is 0 Å². The van der Waals surface area contributed by atoms with Gasteiger partial charge in [0.15, 0.2) is 5.82 Å². The molecule has 0 aliphatic rings. The summed E-state index contributed by atoms with van der Waals surface area (Å²) in [5.41, 5.74) is 0.738. The Morgan fingerprint density at radius 2 is 1.96 bits per heavy atom. The fraction of sp³-hybridized carbons (Fsp3) is 0.0714. The molecule has 0 aliphatic heterocycles. The van der Waals surface area contributed by atoms with E-state index in [1.54, 1.807) is 19.2 Å². The van der Waals surface area contributed by atoms with Crippen molar-refractivity contribution >= 4 is 31.6 Å². The molecule has 1 N–H and O–H groups in total. The second-order valence-electron chi connectivity index (χ2n) is 5.01. The van der Waals surface area contributed by atoms with Gasteiger partial charge in [-0.15, -0.1) is 5.10 Å². The Morgan fingerprint density at radius 3 is 2.60 bits per heavy atom. The van der Waals surface area contributed by atoms with Crippen molar-refractivity contribution < 1.29 is 17.2 Å². The lowest BCUT2D eigenvalue weighted by Gasteiger charge is -2.11. The zero-order valence-electron chi connectivity index (χ0n) is 12.6. The van der Waals surface area contributed by atoms with Crippen LogP contribution < -0.4 is 4.72 Å². The van der Waals surface area contributed by atoms with Gasteiger partial charge in [-0.2, -0.15) is 0 Å². The van der Waals surface area contributed by atoms with Crippen LogP contribution in [0.5, 0.6) is 0 Å². The Hall–Kier alpha value is -2.40. The van der Waals surface area contributed by atoms with E-state index in [0.717, 1.165) is 6.07 Å². The molecule has 0 saturated carbocycles. The molecule has 0 radical (unpaired) electrons. The van der Waals surface area contributed by atoms with E-state index in [4.69, 9.17) is 0 Å². The molecule has 0 atom stereocenters. The molecule has 130 valence electrons. The number of benzene rings is 2. The monoisotopic (exact) mass is 429 g/mol. The van der Waals surface area contributed by atoms with Gasteiger partial charge in [0.2, 0.25) is 0 Å². The highest BCUT2D eigenvalue weighted by molar-refractivity contribution is 9.10. The molecule has 25 heavy (non-hydrogen) atoms. The van der Waals surface area contributed by atoms with Gasteiger partial charge in [0.25, 0.3) is 10.0 Å². The second-order valence-corrected chi connectivity index (χ2v) is 7.48. The highest BCUT2D eigenvalue weighted by Crippen LogP contribution is 2.29. The fourth-order valence-corrected chi connectivity index (χ4v) is 4.41. The van der Waals surface area contributed by atoms with Gasteiger partial charge >= 0.3 is 0 Å². The van der Waals surface area contributed by atoms with E-state index in [1.165, 1.54) is 16.8 Å². The molecule has 0 fully saturated rings. The summed E-state index contributed by atoms with van der Waals surface area (Å²) in [5.74, 6) is -1.66. The SMILES string of the molecule is Cn1nnnc1-c1cccc(NS(=O)(=O)c2c(F)cc(F)cc2Br)c1. The van der Waals surface area contributed by atoms with Gasteiger partial charge < -0.3 is 0 Å². The van der Waals surface area contributed by atoms with E-state index in [0.29, 0.717) is 17.5 Å². The first-order valence-electron chi connectivity index (χ1n) is 6.78. The molecule has 3 rings (SSSR count). The first-order chi connectivity index (χ1) is 11.8. The number of sulfonamides is 1. The number of aryl methyl sites for hydroxylation is 1. The standard InChI is InChI=1S/C14H10BrF2N5O2S/c1-22-14(18-20-21-22)8-3-2-4-10(5-8)19-25(23,24)13-11(15)6-9(16)7-12(13)17/h2-7,19H,1H3. The minimum atomic E-state index is -4.28. The molecule has 7 nitrogen and oxygen atoms in total. The van der Waals surface area contributed by atoms with Gasteiger partial charge in [0.1, 0.15) is 16.5 Å². The van der Waals surface area contributed by atoms with Crippen molar-refractivity contribution in [2.75, 3.05) is 4.72 Å². The van der Waals surface area contributed by atoms with Gasteiger partial charge in [-0.3, -0.25) is 4.72 Å². The molecule has 2 aromatic carbocycles. The Kier molecular flexibility index (Phi) is 4.52. The minimum Gasteiger partial charge on any atom is -0.279 e. The van der Waals surface area contributed by atoms with Crippen molar-refractivity contribution in [3.63, 3.8) is 0 Å². The molecular formula is C14H10BrF2N5O2S. The van der Waals surface area contributed by atoms with Gasteiger partial charge in [-0.05, 0) is 44.6 Å². The first kappa shape index (κ1) is 17.4. The molecule has 11 heteroatoms. The average Bonchev–Trinajstić information content (AvgIpc) is 2.91. The van der Waals surface area contributed by atoms with Crippen molar-refractivity contribution in [2.24, 2.45) is 7.05 Å². The summed E-state index contributed by atoms with van der Waals surface area (Å²) in [7, 11) is -2.65. The van der Waals surface area contributed by atoms with Crippen LogP contribution in [0, 0.1) is 11.6 Å². The number of anilines is 1. The maximum absolute atomic E-state index is 13.9. The smallest absolute Gasteiger partial charge is 0.265 e. The lowest BCUT2D eigenvalue weighted by atomic mass is 10.2. The van der Waals surface area contributed by atoms with Crippen LogP contribution in [-0.4, -0.2) is 28.6 Å². The molecule has 0 aliphatic carbocycles. The number of nitrogens with one attached hydrogen (secondary N) is 1. The molecule has 1 aromatic heterocycles. The third-order valence-corrected chi connectivity index (χ3v) is 5.57. The van der Waals surface area contributed by atoms with Crippen LogP contribution >= 0.6 is 15.9 Å². The van der Waals surface area contributed by atoms with E-state index in [1.807, 2.05) is 0 Å². The van der Waals surface area contributed by atoms with E-state index in [2.05, 4.69) is 36.2 Å². The van der Waals surface area contributed by atoms with Gasteiger partial charge in [0, 0.05) is 28.8 Å². The summed E-state index contributed by atoms with van der Waals surface area (Å²) in [6, 6.07) is 7.65. The van der Waals surface area contributed by atoms with E-state index in [9.17, 15) is 17.2 Å². The number of halogens is 3. The predicted molar refractivity (Wildman–Crippen MR) is 89.1 cm³/mol. The van der Waals surface area contributed by atoms with Crippen LogP contribution in [0.3, 0.4) is 0 Å².